The number of thiazole rings is 1. The molecular weight excluding hydrogens is 542 g/mol. The van der Waals surface area contributed by atoms with Crippen molar-refractivity contribution in [3.05, 3.63) is 74.3 Å². The van der Waals surface area contributed by atoms with E-state index in [1.54, 1.807) is 4.90 Å². The zero-order chi connectivity index (χ0) is 27.5. The van der Waals surface area contributed by atoms with Gasteiger partial charge in [0, 0.05) is 50.2 Å². The molecule has 5 rings (SSSR count). The number of hydrogen-bond donors (Lipinski definition) is 3. The highest BCUT2D eigenvalue weighted by Gasteiger charge is 2.32. The number of amides is 4. The van der Waals surface area contributed by atoms with Crippen LogP contribution in [0.1, 0.15) is 31.5 Å². The van der Waals surface area contributed by atoms with Crippen molar-refractivity contribution in [3.63, 3.8) is 0 Å². The standard InChI is InChI=1S/C26H26ClN7O4S/c1-33-9-8-18-20(14-33)39-25(31-18)24(37)30-19(26(38)34-12-15-4-2-3-5-16(15)13-34)11-29-22(35)23(36)32-21-7-6-17(27)10-28-21/h2-7,10,19H,8-9,11-14H2,1H3,(H,29,35)(H,30,37)(H,28,32,36). The molecule has 1 unspecified atom stereocenters. The summed E-state index contributed by atoms with van der Waals surface area (Å²) in [5.41, 5.74) is 2.93. The molecule has 0 aliphatic carbocycles. The van der Waals surface area contributed by atoms with E-state index in [0.717, 1.165) is 34.7 Å². The van der Waals surface area contributed by atoms with Gasteiger partial charge in [0.05, 0.1) is 10.7 Å². The number of carbonyl (C=O) groups excluding carboxylic acids is 4. The average Bonchev–Trinajstić information content (AvgIpc) is 3.55. The summed E-state index contributed by atoms with van der Waals surface area (Å²) in [4.78, 5) is 64.8. The van der Waals surface area contributed by atoms with Crippen LogP contribution < -0.4 is 16.0 Å². The largest absolute Gasteiger partial charge is 0.345 e. The minimum Gasteiger partial charge on any atom is -0.345 e. The Morgan fingerprint density at radius 3 is 2.49 bits per heavy atom. The van der Waals surface area contributed by atoms with Crippen molar-refractivity contribution in [1.82, 2.24) is 30.4 Å². The van der Waals surface area contributed by atoms with Gasteiger partial charge in [-0.1, -0.05) is 35.9 Å². The second-order valence-corrected chi connectivity index (χ2v) is 10.9. The van der Waals surface area contributed by atoms with Gasteiger partial charge in [-0.2, -0.15) is 0 Å². The smallest absolute Gasteiger partial charge is 0.314 e. The summed E-state index contributed by atoms with van der Waals surface area (Å²) in [7, 11) is 2.01. The number of nitrogens with one attached hydrogen (secondary N) is 3. The number of benzene rings is 1. The Hall–Kier alpha value is -3.87. The van der Waals surface area contributed by atoms with E-state index < -0.39 is 23.8 Å². The van der Waals surface area contributed by atoms with Crippen LogP contribution >= 0.6 is 22.9 Å². The summed E-state index contributed by atoms with van der Waals surface area (Å²) >= 11 is 7.10. The average molecular weight is 568 g/mol. The second kappa shape index (κ2) is 11.5. The summed E-state index contributed by atoms with van der Waals surface area (Å²) < 4.78 is 0. The summed E-state index contributed by atoms with van der Waals surface area (Å²) in [6.45, 7) is 2.05. The van der Waals surface area contributed by atoms with Crippen molar-refractivity contribution < 1.29 is 19.2 Å². The third kappa shape index (κ3) is 6.24. The highest BCUT2D eigenvalue weighted by molar-refractivity contribution is 7.13. The number of nitrogens with zero attached hydrogens (tertiary/aromatic N) is 4. The van der Waals surface area contributed by atoms with Crippen LogP contribution in [0, 0.1) is 0 Å². The molecule has 0 bridgehead atoms. The maximum absolute atomic E-state index is 13.5. The highest BCUT2D eigenvalue weighted by atomic mass is 35.5. The molecule has 0 spiro atoms. The van der Waals surface area contributed by atoms with E-state index in [2.05, 4.69) is 30.8 Å². The first-order valence-corrected chi connectivity index (χ1v) is 13.5. The van der Waals surface area contributed by atoms with Crippen molar-refractivity contribution in [2.75, 3.05) is 25.5 Å². The Bertz CT molecular complexity index is 1400. The maximum Gasteiger partial charge on any atom is 0.314 e. The molecule has 1 aromatic carbocycles. The van der Waals surface area contributed by atoms with Gasteiger partial charge in [0.15, 0.2) is 5.01 Å². The van der Waals surface area contributed by atoms with Gasteiger partial charge >= 0.3 is 11.8 Å². The fourth-order valence-electron chi connectivity index (χ4n) is 4.45. The van der Waals surface area contributed by atoms with Crippen LogP contribution in [-0.4, -0.2) is 69.6 Å². The molecule has 13 heteroatoms. The number of likely N-dealkylation sites (N-methyl/N-ethyl adjacent to an activating group) is 1. The number of anilines is 1. The summed E-state index contributed by atoms with van der Waals surface area (Å²) in [6.07, 6.45) is 2.08. The number of rotatable bonds is 6. The Morgan fingerprint density at radius 1 is 1.05 bits per heavy atom. The molecule has 1 atom stereocenters. The predicted octanol–water partition coefficient (Wildman–Crippen LogP) is 1.58. The van der Waals surface area contributed by atoms with Crippen LogP contribution in [0.15, 0.2) is 42.6 Å². The van der Waals surface area contributed by atoms with E-state index >= 15 is 0 Å². The molecular formula is C26H26ClN7O4S. The van der Waals surface area contributed by atoms with Gasteiger partial charge < -0.3 is 25.8 Å². The molecule has 0 radical (unpaired) electrons. The van der Waals surface area contributed by atoms with Gasteiger partial charge in [0.25, 0.3) is 5.91 Å². The minimum atomic E-state index is -1.11. The van der Waals surface area contributed by atoms with Crippen molar-refractivity contribution in [2.24, 2.45) is 0 Å². The van der Waals surface area contributed by atoms with E-state index in [9.17, 15) is 19.2 Å². The Kier molecular flexibility index (Phi) is 7.87. The van der Waals surface area contributed by atoms with E-state index in [1.807, 2.05) is 31.3 Å². The number of pyridine rings is 1. The van der Waals surface area contributed by atoms with Gasteiger partial charge in [0.1, 0.15) is 11.9 Å². The molecule has 2 aromatic heterocycles. The maximum atomic E-state index is 13.5. The van der Waals surface area contributed by atoms with Gasteiger partial charge in [-0.15, -0.1) is 11.3 Å². The molecule has 2 aliphatic rings. The zero-order valence-electron chi connectivity index (χ0n) is 21.1. The monoisotopic (exact) mass is 567 g/mol. The molecule has 202 valence electrons. The molecule has 2 aliphatic heterocycles. The van der Waals surface area contributed by atoms with Crippen LogP contribution in [0.25, 0.3) is 0 Å². The zero-order valence-corrected chi connectivity index (χ0v) is 22.6. The normalized spacial score (nSPS) is 15.2. The first-order valence-electron chi connectivity index (χ1n) is 12.3. The highest BCUT2D eigenvalue weighted by Crippen LogP contribution is 2.25. The Balaban J connectivity index is 1.27. The second-order valence-electron chi connectivity index (χ2n) is 9.39. The SMILES string of the molecule is CN1CCc2nc(C(=O)NC(CNC(=O)C(=O)Nc3ccc(Cl)cn3)C(=O)N3Cc4ccccc4C3)sc2C1. The van der Waals surface area contributed by atoms with Gasteiger partial charge in [-0.25, -0.2) is 9.97 Å². The van der Waals surface area contributed by atoms with E-state index in [-0.39, 0.29) is 23.3 Å². The fraction of sp³-hybridized carbons (Fsp3) is 0.308. The van der Waals surface area contributed by atoms with Crippen LogP contribution in [0.3, 0.4) is 0 Å². The number of aromatic nitrogens is 2. The van der Waals surface area contributed by atoms with Crippen molar-refractivity contribution in [3.8, 4) is 0 Å². The van der Waals surface area contributed by atoms with Crippen LogP contribution in [0.4, 0.5) is 5.82 Å². The molecule has 0 saturated carbocycles. The molecule has 11 nitrogen and oxygen atoms in total. The molecule has 3 aromatic rings. The van der Waals surface area contributed by atoms with Crippen molar-refractivity contribution in [1.29, 1.82) is 0 Å². The lowest BCUT2D eigenvalue weighted by molar-refractivity contribution is -0.137. The van der Waals surface area contributed by atoms with Crippen molar-refractivity contribution >= 4 is 52.4 Å². The first kappa shape index (κ1) is 26.7. The molecule has 0 fully saturated rings. The number of carbonyl (C=O) groups is 4. The first-order chi connectivity index (χ1) is 18.8. The molecule has 4 amide bonds. The Labute approximate surface area is 233 Å². The van der Waals surface area contributed by atoms with Crippen LogP contribution in [-0.2, 0) is 40.4 Å². The van der Waals surface area contributed by atoms with Crippen molar-refractivity contribution in [2.45, 2.75) is 32.1 Å². The minimum absolute atomic E-state index is 0.147. The lowest BCUT2D eigenvalue weighted by atomic mass is 10.1. The molecule has 3 N–H and O–H groups in total. The van der Waals surface area contributed by atoms with Gasteiger partial charge in [0.2, 0.25) is 5.91 Å². The molecule has 0 saturated heterocycles. The third-order valence-corrected chi connectivity index (χ3v) is 7.82. The lowest BCUT2D eigenvalue weighted by Gasteiger charge is -2.24. The summed E-state index contributed by atoms with van der Waals surface area (Å²) in [5.74, 6) is -2.67. The van der Waals surface area contributed by atoms with Crippen LogP contribution in [0.5, 0.6) is 0 Å². The van der Waals surface area contributed by atoms with E-state index in [4.69, 9.17) is 11.6 Å². The third-order valence-electron chi connectivity index (χ3n) is 6.51. The van der Waals surface area contributed by atoms with E-state index in [0.29, 0.717) is 24.7 Å². The quantitative estimate of drug-likeness (QED) is 0.385. The number of fused-ring (bicyclic) bond motifs is 2. The molecule has 4 heterocycles. The van der Waals surface area contributed by atoms with E-state index in [1.165, 1.54) is 29.7 Å². The number of hydrogen-bond acceptors (Lipinski definition) is 8. The topological polar surface area (TPSA) is 137 Å². The lowest BCUT2D eigenvalue weighted by Crippen LogP contribution is -2.53. The van der Waals surface area contributed by atoms with Crippen LogP contribution in [0.2, 0.25) is 5.02 Å². The molecule has 39 heavy (non-hydrogen) atoms. The van der Waals surface area contributed by atoms with Gasteiger partial charge in [-0.3, -0.25) is 19.2 Å². The summed E-state index contributed by atoms with van der Waals surface area (Å²) in [6, 6.07) is 9.57. The summed E-state index contributed by atoms with van der Waals surface area (Å²) in [5, 5.41) is 8.21. The fourth-order valence-corrected chi connectivity index (χ4v) is 5.65. The predicted molar refractivity (Wildman–Crippen MR) is 145 cm³/mol. The Morgan fingerprint density at radius 2 is 1.79 bits per heavy atom. The van der Waals surface area contributed by atoms with Gasteiger partial charge in [-0.05, 0) is 30.3 Å². The number of halogens is 1.